The molecule has 5 unspecified atom stereocenters. The number of nitriles is 1. The Morgan fingerprint density at radius 2 is 2.06 bits per heavy atom. The molecule has 8 heteroatoms. The van der Waals surface area contributed by atoms with Crippen LogP contribution in [0.2, 0.25) is 0 Å². The topological polar surface area (TPSA) is 105 Å². The number of nitrogens with zero attached hydrogens (tertiary/aromatic N) is 3. The third kappa shape index (κ3) is 3.50. The van der Waals surface area contributed by atoms with Gasteiger partial charge >= 0.3 is 12.1 Å². The van der Waals surface area contributed by atoms with Gasteiger partial charge in [-0.3, -0.25) is 4.79 Å². The zero-order chi connectivity index (χ0) is 21.6. The summed E-state index contributed by atoms with van der Waals surface area (Å²) in [5.74, 6) is 1.51. The van der Waals surface area contributed by atoms with Crippen LogP contribution in [0, 0.1) is 34.5 Å². The summed E-state index contributed by atoms with van der Waals surface area (Å²) in [4.78, 5) is 31.4. The highest BCUT2D eigenvalue weighted by Gasteiger charge is 2.60. The first-order valence-electron chi connectivity index (χ1n) is 11.2. The van der Waals surface area contributed by atoms with E-state index in [1.807, 2.05) is 0 Å². The zero-order valence-electron chi connectivity index (χ0n) is 17.8. The molecule has 1 aromatic heterocycles. The van der Waals surface area contributed by atoms with Gasteiger partial charge in [0.2, 0.25) is 0 Å². The van der Waals surface area contributed by atoms with Gasteiger partial charge < -0.3 is 19.7 Å². The lowest BCUT2D eigenvalue weighted by molar-refractivity contribution is -0.182. The number of ether oxygens (including phenoxy) is 2. The highest BCUT2D eigenvalue weighted by molar-refractivity contribution is 5.77. The Labute approximate surface area is 181 Å². The number of nitrogens with one attached hydrogen (secondary N) is 1. The van der Waals surface area contributed by atoms with Gasteiger partial charge in [0.1, 0.15) is 18.0 Å². The van der Waals surface area contributed by atoms with Gasteiger partial charge in [-0.2, -0.15) is 5.26 Å². The second kappa shape index (κ2) is 7.70. The fraction of sp³-hybridized carbons (Fsp3) is 0.652. The van der Waals surface area contributed by atoms with Gasteiger partial charge in [0, 0.05) is 25.3 Å². The first-order valence-corrected chi connectivity index (χ1v) is 11.2. The van der Waals surface area contributed by atoms with Crippen molar-refractivity contribution in [3.05, 3.63) is 23.9 Å². The van der Waals surface area contributed by atoms with Gasteiger partial charge in [-0.15, -0.1) is 0 Å². The van der Waals surface area contributed by atoms with E-state index in [0.29, 0.717) is 30.4 Å². The van der Waals surface area contributed by atoms with Gasteiger partial charge in [-0.1, -0.05) is 0 Å². The average molecular weight is 425 g/mol. The molecule has 1 aliphatic heterocycles. The lowest BCUT2D eigenvalue weighted by Crippen LogP contribution is -2.58. The first kappa shape index (κ1) is 20.1. The molecule has 1 N–H and O–H groups in total. The second-order valence-corrected chi connectivity index (χ2v) is 9.68. The minimum Gasteiger partial charge on any atom is -0.469 e. The summed E-state index contributed by atoms with van der Waals surface area (Å²) in [5, 5.41) is 12.5. The molecule has 164 valence electrons. The van der Waals surface area contributed by atoms with Crippen molar-refractivity contribution in [2.24, 2.45) is 23.2 Å². The van der Waals surface area contributed by atoms with E-state index >= 15 is 0 Å². The van der Waals surface area contributed by atoms with Gasteiger partial charge in [-0.05, 0) is 68.4 Å². The van der Waals surface area contributed by atoms with Gasteiger partial charge in [0.15, 0.2) is 0 Å². The van der Waals surface area contributed by atoms with Crippen LogP contribution in [0.15, 0.2) is 18.3 Å². The molecule has 0 radical (unpaired) electrons. The molecule has 1 amide bonds. The average Bonchev–Trinajstić information content (AvgIpc) is 3.24. The highest BCUT2D eigenvalue weighted by Crippen LogP contribution is 2.61. The molecular formula is C23H28N4O4. The summed E-state index contributed by atoms with van der Waals surface area (Å²) in [6.45, 7) is 1.14. The highest BCUT2D eigenvalue weighted by atomic mass is 16.6. The molecule has 5 fully saturated rings. The summed E-state index contributed by atoms with van der Waals surface area (Å²) in [6, 6.07) is 5.64. The molecule has 4 bridgehead atoms. The van der Waals surface area contributed by atoms with Crippen LogP contribution >= 0.6 is 0 Å². The van der Waals surface area contributed by atoms with Crippen LogP contribution in [0.5, 0.6) is 0 Å². The third-order valence-electron chi connectivity index (χ3n) is 7.76. The summed E-state index contributed by atoms with van der Waals surface area (Å²) < 4.78 is 11.2. The first-order chi connectivity index (χ1) is 15.0. The number of hydrogen-bond donors (Lipinski definition) is 1. The normalized spacial score (nSPS) is 35.5. The molecule has 0 spiro atoms. The maximum absolute atomic E-state index is 12.9. The number of carbonyl (C=O) groups is 2. The molecule has 1 aromatic rings. The Bertz CT molecular complexity index is 912. The van der Waals surface area contributed by atoms with Crippen LogP contribution in [0.3, 0.4) is 0 Å². The molecule has 31 heavy (non-hydrogen) atoms. The second-order valence-electron chi connectivity index (χ2n) is 9.68. The minimum absolute atomic E-state index is 0.0376. The van der Waals surface area contributed by atoms with Crippen molar-refractivity contribution >= 4 is 17.9 Å². The maximum Gasteiger partial charge on any atom is 0.410 e. The van der Waals surface area contributed by atoms with E-state index in [2.05, 4.69) is 16.4 Å². The van der Waals surface area contributed by atoms with Crippen molar-refractivity contribution in [2.45, 2.75) is 50.7 Å². The Morgan fingerprint density at radius 1 is 1.29 bits per heavy atom. The molecule has 6 atom stereocenters. The summed E-state index contributed by atoms with van der Waals surface area (Å²) >= 11 is 0. The zero-order valence-corrected chi connectivity index (χ0v) is 17.8. The number of rotatable bonds is 4. The Kier molecular flexibility index (Phi) is 4.99. The Hall–Kier alpha value is -2.82. The van der Waals surface area contributed by atoms with Crippen LogP contribution < -0.4 is 5.32 Å². The lowest BCUT2D eigenvalue weighted by atomic mass is 9.48. The molecule has 0 aromatic carbocycles. The summed E-state index contributed by atoms with van der Waals surface area (Å²) in [6.07, 6.45) is 6.59. The predicted molar refractivity (Wildman–Crippen MR) is 111 cm³/mol. The van der Waals surface area contributed by atoms with Crippen LogP contribution in [0.4, 0.5) is 10.6 Å². The largest absolute Gasteiger partial charge is 0.469 e. The fourth-order valence-electron chi connectivity index (χ4n) is 6.68. The van der Waals surface area contributed by atoms with Crippen molar-refractivity contribution in [3.63, 3.8) is 0 Å². The lowest BCUT2D eigenvalue weighted by Gasteiger charge is -2.57. The number of pyridine rings is 1. The number of carbonyl (C=O) groups excluding carboxylic acids is 2. The monoisotopic (exact) mass is 424 g/mol. The fourth-order valence-corrected chi connectivity index (χ4v) is 6.68. The van der Waals surface area contributed by atoms with Crippen LogP contribution in [0.25, 0.3) is 0 Å². The number of esters is 1. The SMILES string of the molecule is COC(=O)C12CC3CC(C1)C(OC(=O)N1CCC(Nc4ncccc4C#N)C1)[C@H](C3)C2. The standard InChI is InChI=1S/C23H28N4O4/c1-30-21(28)23-9-14-7-16(10-23)19(17(8-14)11-23)31-22(29)27-6-4-18(13-27)26-20-15(12-24)3-2-5-25-20/h2-3,5,14,16-19H,4,6-11,13H2,1H3,(H,25,26)/t14?,16-,17?,18?,19?,23?/m1/s1. The quantitative estimate of drug-likeness (QED) is 0.741. The molecule has 8 nitrogen and oxygen atoms in total. The van der Waals surface area contributed by atoms with Crippen LogP contribution in [-0.2, 0) is 14.3 Å². The van der Waals surface area contributed by atoms with Crippen LogP contribution in [-0.4, -0.2) is 54.3 Å². The Balaban J connectivity index is 1.20. The van der Waals surface area contributed by atoms with Gasteiger partial charge in [0.25, 0.3) is 0 Å². The van der Waals surface area contributed by atoms with E-state index < -0.39 is 0 Å². The molecule has 4 saturated carbocycles. The molecule has 6 rings (SSSR count). The van der Waals surface area contributed by atoms with E-state index in [4.69, 9.17) is 9.47 Å². The van der Waals surface area contributed by atoms with E-state index in [-0.39, 0.29) is 41.5 Å². The molecule has 4 aliphatic carbocycles. The van der Waals surface area contributed by atoms with E-state index in [0.717, 1.165) is 38.5 Å². The molecular weight excluding hydrogens is 396 g/mol. The number of likely N-dealkylation sites (tertiary alicyclic amines) is 1. The minimum atomic E-state index is -0.363. The molecule has 1 saturated heterocycles. The number of methoxy groups -OCH3 is 1. The Morgan fingerprint density at radius 3 is 2.77 bits per heavy atom. The van der Waals surface area contributed by atoms with Crippen molar-refractivity contribution in [2.75, 3.05) is 25.5 Å². The van der Waals surface area contributed by atoms with Gasteiger partial charge in [-0.25, -0.2) is 9.78 Å². The smallest absolute Gasteiger partial charge is 0.410 e. The van der Waals surface area contributed by atoms with E-state index in [9.17, 15) is 14.9 Å². The van der Waals surface area contributed by atoms with Crippen molar-refractivity contribution in [1.82, 2.24) is 9.88 Å². The number of aromatic nitrogens is 1. The molecule has 2 heterocycles. The number of hydrogen-bond acceptors (Lipinski definition) is 7. The van der Waals surface area contributed by atoms with Crippen molar-refractivity contribution < 1.29 is 19.1 Å². The van der Waals surface area contributed by atoms with E-state index in [1.54, 1.807) is 23.2 Å². The van der Waals surface area contributed by atoms with Crippen molar-refractivity contribution in [3.8, 4) is 6.07 Å². The number of anilines is 1. The third-order valence-corrected chi connectivity index (χ3v) is 7.76. The maximum atomic E-state index is 12.9. The predicted octanol–water partition coefficient (Wildman–Crippen LogP) is 2.94. The van der Waals surface area contributed by atoms with E-state index in [1.165, 1.54) is 7.11 Å². The molecule has 5 aliphatic rings. The number of amides is 1. The van der Waals surface area contributed by atoms with Crippen LogP contribution in [0.1, 0.15) is 44.1 Å². The van der Waals surface area contributed by atoms with Crippen molar-refractivity contribution in [1.29, 1.82) is 5.26 Å². The summed E-state index contributed by atoms with van der Waals surface area (Å²) in [7, 11) is 1.47. The summed E-state index contributed by atoms with van der Waals surface area (Å²) in [5.41, 5.74) is 0.134. The van der Waals surface area contributed by atoms with Gasteiger partial charge in [0.05, 0.1) is 18.1 Å².